The summed E-state index contributed by atoms with van der Waals surface area (Å²) in [5, 5.41) is 26.9. The molecular formula is C9H10Ac2O3. The first-order valence-electron chi connectivity index (χ1n) is 3.46. The van der Waals surface area contributed by atoms with Gasteiger partial charge in [-0.1, -0.05) is 6.58 Å². The normalized spacial score (nSPS) is 8.36. The summed E-state index contributed by atoms with van der Waals surface area (Å²) in [6.07, 6.45) is 0. The minimum absolute atomic E-state index is 0. The first kappa shape index (κ1) is 17.8. The Morgan fingerprint density at radius 3 is 2.21 bits per heavy atom. The van der Waals surface area contributed by atoms with Crippen molar-refractivity contribution in [1.29, 1.82) is 0 Å². The monoisotopic (exact) mass is 620 g/mol. The fourth-order valence-electron chi connectivity index (χ4n) is 0.904. The summed E-state index contributed by atoms with van der Waals surface area (Å²) in [4.78, 5) is 0. The number of benzene rings is 1. The summed E-state index contributed by atoms with van der Waals surface area (Å²) >= 11 is 0. The molecule has 0 aromatic heterocycles. The van der Waals surface area contributed by atoms with Crippen LogP contribution >= 0.6 is 0 Å². The third-order valence-electron chi connectivity index (χ3n) is 1.55. The number of hydrogen-bond donors (Lipinski definition) is 3. The summed E-state index contributed by atoms with van der Waals surface area (Å²) in [6, 6.07) is 4.13. The molecule has 3 nitrogen and oxygen atoms in total. The average Bonchev–Trinajstić information content (AvgIpc) is 2.03. The quantitative estimate of drug-likeness (QED) is 0.465. The van der Waals surface area contributed by atoms with Crippen molar-refractivity contribution in [2.45, 2.75) is 0 Å². The molecule has 0 spiro atoms. The maximum Gasteiger partial charge on any atom is 0.126 e. The summed E-state index contributed by atoms with van der Waals surface area (Å²) in [6.45, 7) is 3.33. The van der Waals surface area contributed by atoms with Crippen molar-refractivity contribution in [3.8, 4) is 11.5 Å². The molecule has 0 aliphatic rings. The van der Waals surface area contributed by atoms with Crippen molar-refractivity contribution in [3.05, 3.63) is 30.3 Å². The molecule has 0 saturated heterocycles. The van der Waals surface area contributed by atoms with Crippen LogP contribution in [-0.4, -0.2) is 21.9 Å². The van der Waals surface area contributed by atoms with Crippen LogP contribution in [0, 0.1) is 88.1 Å². The van der Waals surface area contributed by atoms with Crippen molar-refractivity contribution in [2.24, 2.45) is 0 Å². The van der Waals surface area contributed by atoms with E-state index in [9.17, 15) is 5.11 Å². The molecule has 1 aromatic carbocycles. The topological polar surface area (TPSA) is 60.7 Å². The molecule has 70 valence electrons. The van der Waals surface area contributed by atoms with E-state index in [2.05, 4.69) is 6.58 Å². The number of phenolic OH excluding ortho intramolecular Hbond substituents is 2. The van der Waals surface area contributed by atoms with Crippen molar-refractivity contribution >= 4 is 5.57 Å². The van der Waals surface area contributed by atoms with E-state index in [0.29, 0.717) is 11.1 Å². The Bertz CT molecular complexity index is 313. The van der Waals surface area contributed by atoms with Crippen LogP contribution in [-0.2, 0) is 0 Å². The van der Waals surface area contributed by atoms with Crippen LogP contribution in [0.3, 0.4) is 0 Å². The van der Waals surface area contributed by atoms with Gasteiger partial charge in [-0.05, 0) is 17.7 Å². The zero-order valence-electron chi connectivity index (χ0n) is 7.64. The molecule has 0 bridgehead atoms. The molecule has 0 unspecified atom stereocenters. The number of aromatic hydroxyl groups is 2. The van der Waals surface area contributed by atoms with Crippen LogP contribution in [0.25, 0.3) is 5.57 Å². The molecule has 0 amide bonds. The van der Waals surface area contributed by atoms with E-state index in [0.717, 1.165) is 0 Å². The third kappa shape index (κ3) is 4.95. The molecule has 14 heavy (non-hydrogen) atoms. The summed E-state index contributed by atoms with van der Waals surface area (Å²) in [7, 11) is 0. The Morgan fingerprint density at radius 2 is 1.79 bits per heavy atom. The average molecular weight is 620 g/mol. The molecule has 1 aromatic rings. The number of rotatable bonds is 2. The smallest absolute Gasteiger partial charge is 0.126 e. The van der Waals surface area contributed by atoms with Gasteiger partial charge in [0.25, 0.3) is 0 Å². The zero-order chi connectivity index (χ0) is 9.14. The van der Waals surface area contributed by atoms with Gasteiger partial charge in [-0.15, -0.1) is 0 Å². The number of hydrogen-bond acceptors (Lipinski definition) is 3. The second kappa shape index (κ2) is 8.54. The predicted octanol–water partition coefficient (Wildman–Crippen LogP) is 1.10. The van der Waals surface area contributed by atoms with Gasteiger partial charge in [0.15, 0.2) is 0 Å². The Kier molecular flexibility index (Phi) is 10.9. The molecule has 0 aliphatic carbocycles. The van der Waals surface area contributed by atoms with Crippen LogP contribution in [0.1, 0.15) is 5.56 Å². The molecule has 0 aliphatic heterocycles. The Morgan fingerprint density at radius 1 is 1.21 bits per heavy atom. The Labute approximate surface area is 154 Å². The first-order chi connectivity index (χ1) is 5.65. The fourth-order valence-corrected chi connectivity index (χ4v) is 0.904. The number of aliphatic hydroxyl groups is 1. The minimum Gasteiger partial charge on any atom is -0.508 e. The van der Waals surface area contributed by atoms with Gasteiger partial charge in [0.1, 0.15) is 11.5 Å². The van der Waals surface area contributed by atoms with E-state index in [1.54, 1.807) is 0 Å². The molecule has 3 N–H and O–H groups in total. The van der Waals surface area contributed by atoms with Gasteiger partial charge in [0, 0.05) is 99.8 Å². The van der Waals surface area contributed by atoms with Crippen LogP contribution in [0.2, 0.25) is 0 Å². The van der Waals surface area contributed by atoms with Gasteiger partial charge in [-0.3, -0.25) is 0 Å². The van der Waals surface area contributed by atoms with Crippen LogP contribution in [0.4, 0.5) is 0 Å². The van der Waals surface area contributed by atoms with E-state index in [-0.39, 0.29) is 106 Å². The molecule has 0 fully saturated rings. The van der Waals surface area contributed by atoms with Gasteiger partial charge in [0.05, 0.1) is 6.61 Å². The molecule has 0 atom stereocenters. The second-order valence-electron chi connectivity index (χ2n) is 2.46. The van der Waals surface area contributed by atoms with E-state index < -0.39 is 0 Å². The van der Waals surface area contributed by atoms with Gasteiger partial charge in [-0.2, -0.15) is 0 Å². The second-order valence-corrected chi connectivity index (χ2v) is 2.46. The minimum atomic E-state index is -0.210. The van der Waals surface area contributed by atoms with E-state index in [1.807, 2.05) is 0 Å². The summed E-state index contributed by atoms with van der Waals surface area (Å²) < 4.78 is 0. The molecule has 0 heterocycles. The Hall–Kier alpha value is 1.40. The van der Waals surface area contributed by atoms with Crippen molar-refractivity contribution < 1.29 is 103 Å². The van der Waals surface area contributed by atoms with Crippen molar-refractivity contribution in [3.63, 3.8) is 0 Å². The molecule has 1 rings (SSSR count). The number of phenols is 2. The molecule has 5 heteroatoms. The standard InChI is InChI=1S/C9H10O3.2Ac/c1-6(5-10)8-3-2-7(11)4-9(8)12;;/h2-4,10-12H,1,5H2;;. The van der Waals surface area contributed by atoms with E-state index in [4.69, 9.17) is 10.2 Å². The van der Waals surface area contributed by atoms with Crippen LogP contribution < -0.4 is 0 Å². The number of aliphatic hydroxyl groups excluding tert-OH is 1. The predicted molar refractivity (Wildman–Crippen MR) is 45.9 cm³/mol. The third-order valence-corrected chi connectivity index (χ3v) is 1.55. The zero-order valence-corrected chi connectivity index (χ0v) is 17.1. The molecular weight excluding hydrogens is 610 g/mol. The van der Waals surface area contributed by atoms with Crippen LogP contribution in [0.15, 0.2) is 24.8 Å². The molecule has 2 radical (unpaired) electrons. The van der Waals surface area contributed by atoms with E-state index in [1.165, 1.54) is 18.2 Å². The van der Waals surface area contributed by atoms with Gasteiger partial charge in [-0.25, -0.2) is 0 Å². The fraction of sp³-hybridized carbons (Fsp3) is 0.111. The van der Waals surface area contributed by atoms with Gasteiger partial charge < -0.3 is 15.3 Å². The van der Waals surface area contributed by atoms with Gasteiger partial charge in [0.2, 0.25) is 0 Å². The molecule has 0 saturated carbocycles. The van der Waals surface area contributed by atoms with Gasteiger partial charge >= 0.3 is 0 Å². The van der Waals surface area contributed by atoms with Crippen molar-refractivity contribution in [1.82, 2.24) is 0 Å². The maximum atomic E-state index is 9.26. The Balaban J connectivity index is 0. The first-order valence-corrected chi connectivity index (χ1v) is 3.46. The van der Waals surface area contributed by atoms with Crippen molar-refractivity contribution in [2.75, 3.05) is 6.61 Å². The largest absolute Gasteiger partial charge is 0.508 e. The van der Waals surface area contributed by atoms with E-state index >= 15 is 0 Å². The summed E-state index contributed by atoms with van der Waals surface area (Å²) in [5.41, 5.74) is 0.878. The van der Waals surface area contributed by atoms with Crippen LogP contribution in [0.5, 0.6) is 11.5 Å². The maximum absolute atomic E-state index is 9.26. The SMILES string of the molecule is C=C(CO)c1ccc(O)cc1O.[Ac].[Ac]. The summed E-state index contributed by atoms with van der Waals surface area (Å²) in [5.74, 6) is -0.0870.